The van der Waals surface area contributed by atoms with Crippen molar-refractivity contribution in [2.24, 2.45) is 0 Å². The van der Waals surface area contributed by atoms with Gasteiger partial charge in [0.05, 0.1) is 26.5 Å². The van der Waals surface area contributed by atoms with E-state index in [-0.39, 0.29) is 5.78 Å². The minimum Gasteiger partial charge on any atom is -0.493 e. The van der Waals surface area contributed by atoms with Gasteiger partial charge in [0.1, 0.15) is 11.6 Å². The monoisotopic (exact) mass is 413 g/mol. The summed E-state index contributed by atoms with van der Waals surface area (Å²) in [6.45, 7) is 4.32. The molecule has 152 valence electrons. The number of carbonyl (C=O) groups excluding carboxylic acids is 1. The third-order valence-electron chi connectivity index (χ3n) is 4.21. The Labute approximate surface area is 174 Å². The first-order chi connectivity index (χ1) is 14.0. The van der Waals surface area contributed by atoms with E-state index >= 15 is 0 Å². The highest BCUT2D eigenvalue weighted by Gasteiger charge is 2.12. The van der Waals surface area contributed by atoms with E-state index in [1.165, 1.54) is 18.3 Å². The van der Waals surface area contributed by atoms with Gasteiger partial charge in [-0.05, 0) is 50.2 Å². The maximum absolute atomic E-state index is 11.5. The maximum Gasteiger partial charge on any atom is 0.161 e. The van der Waals surface area contributed by atoms with Gasteiger partial charge in [0.25, 0.3) is 0 Å². The Hall–Kier alpha value is -3.06. The Kier molecular flexibility index (Phi) is 6.72. The summed E-state index contributed by atoms with van der Waals surface area (Å²) in [6.07, 6.45) is 0. The molecular weight excluding hydrogens is 390 g/mol. The van der Waals surface area contributed by atoms with Crippen LogP contribution in [0.1, 0.15) is 29.9 Å². The molecule has 3 rings (SSSR count). The van der Waals surface area contributed by atoms with Crippen molar-refractivity contribution in [2.45, 2.75) is 20.5 Å². The van der Waals surface area contributed by atoms with Gasteiger partial charge in [-0.2, -0.15) is 0 Å². The number of ketones is 1. The van der Waals surface area contributed by atoms with E-state index < -0.39 is 0 Å². The summed E-state index contributed by atoms with van der Waals surface area (Å²) in [5, 5.41) is 2.82. The van der Waals surface area contributed by atoms with Crippen molar-refractivity contribution in [3.05, 3.63) is 53.0 Å². The Morgan fingerprint density at radius 2 is 1.66 bits per heavy atom. The van der Waals surface area contributed by atoms with Crippen LogP contribution >= 0.6 is 11.3 Å². The summed E-state index contributed by atoms with van der Waals surface area (Å²) in [6, 6.07) is 10.9. The average Bonchev–Trinajstić information content (AvgIpc) is 3.21. The molecule has 7 heteroatoms. The fraction of sp³-hybridized carbons (Fsp3) is 0.273. The molecule has 0 atom stereocenters. The first kappa shape index (κ1) is 20.7. The van der Waals surface area contributed by atoms with Crippen LogP contribution in [0.2, 0.25) is 0 Å². The predicted molar refractivity (Wildman–Crippen MR) is 113 cm³/mol. The zero-order chi connectivity index (χ0) is 20.8. The number of aromatic nitrogens is 1. The van der Waals surface area contributed by atoms with Gasteiger partial charge in [0.2, 0.25) is 0 Å². The molecule has 1 aromatic heterocycles. The second-order valence-corrected chi connectivity index (χ2v) is 7.01. The molecule has 0 N–H and O–H groups in total. The number of nitrogens with zero attached hydrogens (tertiary/aromatic N) is 1. The largest absolute Gasteiger partial charge is 0.493 e. The van der Waals surface area contributed by atoms with Crippen LogP contribution in [-0.4, -0.2) is 31.6 Å². The lowest BCUT2D eigenvalue weighted by Gasteiger charge is -2.11. The van der Waals surface area contributed by atoms with Crippen molar-refractivity contribution in [1.29, 1.82) is 0 Å². The summed E-state index contributed by atoms with van der Waals surface area (Å²) in [5.41, 5.74) is 2.33. The zero-order valence-corrected chi connectivity index (χ0v) is 17.7. The molecule has 0 aliphatic heterocycles. The molecule has 2 aromatic carbocycles. The number of hydrogen-bond donors (Lipinski definition) is 0. The third-order valence-corrected chi connectivity index (χ3v) is 5.15. The van der Waals surface area contributed by atoms with E-state index in [0.29, 0.717) is 41.8 Å². The molecule has 0 spiro atoms. The van der Waals surface area contributed by atoms with Crippen LogP contribution in [0.4, 0.5) is 0 Å². The summed E-state index contributed by atoms with van der Waals surface area (Å²) in [7, 11) is 3.17. The van der Waals surface area contributed by atoms with Crippen LogP contribution in [0.25, 0.3) is 10.6 Å². The van der Waals surface area contributed by atoms with Gasteiger partial charge in [0, 0.05) is 16.5 Å². The minimum atomic E-state index is -0.0234. The van der Waals surface area contributed by atoms with Crippen molar-refractivity contribution >= 4 is 17.1 Å². The molecule has 6 nitrogen and oxygen atoms in total. The Balaban J connectivity index is 1.73. The molecule has 0 aliphatic carbocycles. The standard InChI is InChI=1S/C22H23NO5S/c1-5-27-18-9-7-16(11-21(18)26-4)22-23-17(13-29-22)12-28-19-8-6-15(14(2)24)10-20(19)25-3/h6-11,13H,5,12H2,1-4H3. The topological polar surface area (TPSA) is 66.9 Å². The lowest BCUT2D eigenvalue weighted by Crippen LogP contribution is -2.00. The van der Waals surface area contributed by atoms with Crippen molar-refractivity contribution in [1.82, 2.24) is 4.98 Å². The lowest BCUT2D eigenvalue weighted by atomic mass is 10.1. The van der Waals surface area contributed by atoms with E-state index in [1.54, 1.807) is 32.4 Å². The van der Waals surface area contributed by atoms with Gasteiger partial charge in [-0.3, -0.25) is 4.79 Å². The van der Waals surface area contributed by atoms with Crippen molar-refractivity contribution in [3.63, 3.8) is 0 Å². The SMILES string of the molecule is CCOc1ccc(-c2nc(COc3ccc(C(C)=O)cc3OC)cs2)cc1OC. The molecule has 29 heavy (non-hydrogen) atoms. The van der Waals surface area contributed by atoms with Crippen LogP contribution in [-0.2, 0) is 6.61 Å². The highest BCUT2D eigenvalue weighted by Crippen LogP contribution is 2.34. The predicted octanol–water partition coefficient (Wildman–Crippen LogP) is 5.01. The molecule has 3 aromatic rings. The summed E-state index contributed by atoms with van der Waals surface area (Å²) in [4.78, 5) is 16.2. The average molecular weight is 413 g/mol. The molecule has 1 heterocycles. The highest BCUT2D eigenvalue weighted by molar-refractivity contribution is 7.13. The van der Waals surface area contributed by atoms with Gasteiger partial charge in [-0.1, -0.05) is 0 Å². The number of hydrogen-bond acceptors (Lipinski definition) is 7. The van der Waals surface area contributed by atoms with Crippen LogP contribution in [0.5, 0.6) is 23.0 Å². The first-order valence-electron chi connectivity index (χ1n) is 9.13. The number of thiazole rings is 1. The Bertz CT molecular complexity index is 999. The molecule has 0 saturated heterocycles. The van der Waals surface area contributed by atoms with Gasteiger partial charge in [0.15, 0.2) is 28.8 Å². The molecule has 0 amide bonds. The molecule has 0 saturated carbocycles. The van der Waals surface area contributed by atoms with Crippen molar-refractivity contribution in [2.75, 3.05) is 20.8 Å². The fourth-order valence-corrected chi connectivity index (χ4v) is 3.54. The van der Waals surface area contributed by atoms with Gasteiger partial charge < -0.3 is 18.9 Å². The van der Waals surface area contributed by atoms with Gasteiger partial charge in [-0.15, -0.1) is 11.3 Å². The second-order valence-electron chi connectivity index (χ2n) is 6.15. The second kappa shape index (κ2) is 9.43. The van der Waals surface area contributed by atoms with E-state index in [4.69, 9.17) is 18.9 Å². The first-order valence-corrected chi connectivity index (χ1v) is 10.0. The Morgan fingerprint density at radius 1 is 0.966 bits per heavy atom. The molecule has 0 bridgehead atoms. The van der Waals surface area contributed by atoms with E-state index in [2.05, 4.69) is 4.98 Å². The number of Topliss-reactive ketones (excluding diaryl/α,β-unsaturated/α-hetero) is 1. The van der Waals surface area contributed by atoms with Gasteiger partial charge >= 0.3 is 0 Å². The maximum atomic E-state index is 11.5. The quantitative estimate of drug-likeness (QED) is 0.460. The van der Waals surface area contributed by atoms with Crippen LogP contribution in [0.15, 0.2) is 41.8 Å². The molecule has 0 radical (unpaired) electrons. The number of carbonyl (C=O) groups is 1. The molecule has 0 fully saturated rings. The molecule has 0 unspecified atom stereocenters. The normalized spacial score (nSPS) is 10.5. The molecule has 0 aliphatic rings. The zero-order valence-electron chi connectivity index (χ0n) is 16.9. The number of rotatable bonds is 9. The number of methoxy groups -OCH3 is 2. The summed E-state index contributed by atoms with van der Waals surface area (Å²) >= 11 is 1.53. The van der Waals surface area contributed by atoms with Crippen molar-refractivity contribution < 1.29 is 23.7 Å². The van der Waals surface area contributed by atoms with Crippen LogP contribution in [0, 0.1) is 0 Å². The van der Waals surface area contributed by atoms with E-state index in [9.17, 15) is 4.79 Å². The minimum absolute atomic E-state index is 0.0234. The van der Waals surface area contributed by atoms with E-state index in [1.807, 2.05) is 30.5 Å². The highest BCUT2D eigenvalue weighted by atomic mass is 32.1. The third kappa shape index (κ3) is 4.86. The van der Waals surface area contributed by atoms with E-state index in [0.717, 1.165) is 16.3 Å². The van der Waals surface area contributed by atoms with Crippen molar-refractivity contribution in [3.8, 4) is 33.6 Å². The number of ether oxygens (including phenoxy) is 4. The smallest absolute Gasteiger partial charge is 0.161 e. The Morgan fingerprint density at radius 3 is 2.34 bits per heavy atom. The summed E-state index contributed by atoms with van der Waals surface area (Å²) < 4.78 is 22.2. The van der Waals surface area contributed by atoms with Crippen LogP contribution in [0.3, 0.4) is 0 Å². The number of benzene rings is 2. The summed E-state index contributed by atoms with van der Waals surface area (Å²) in [5.74, 6) is 2.44. The lowest BCUT2D eigenvalue weighted by molar-refractivity contribution is 0.101. The van der Waals surface area contributed by atoms with Crippen LogP contribution < -0.4 is 18.9 Å². The molecular formula is C22H23NO5S. The fourth-order valence-electron chi connectivity index (χ4n) is 2.74. The van der Waals surface area contributed by atoms with Gasteiger partial charge in [-0.25, -0.2) is 4.98 Å².